The van der Waals surface area contributed by atoms with E-state index in [4.69, 9.17) is 0 Å². The van der Waals surface area contributed by atoms with E-state index in [1.807, 2.05) is 42.6 Å². The van der Waals surface area contributed by atoms with E-state index in [1.54, 1.807) is 27.8 Å². The number of carbonyl (C=O) groups excluding carboxylic acids is 2. The smallest absolute Gasteiger partial charge is 0.254 e. The lowest BCUT2D eigenvalue weighted by molar-refractivity contribution is 0.0535. The molecule has 0 aliphatic carbocycles. The lowest BCUT2D eigenvalue weighted by Gasteiger charge is -2.35. The molecule has 164 valence electrons. The van der Waals surface area contributed by atoms with Gasteiger partial charge in [-0.05, 0) is 54.1 Å². The molecule has 2 aromatic carbocycles. The molecule has 2 amide bonds. The number of hydrogen-bond donors (Lipinski definition) is 0. The predicted octanol–water partition coefficient (Wildman–Crippen LogP) is 4.25. The Kier molecular flexibility index (Phi) is 6.80. The van der Waals surface area contributed by atoms with E-state index in [1.165, 1.54) is 6.07 Å². The molecule has 32 heavy (non-hydrogen) atoms. The molecular weight excluding hydrogens is 432 g/mol. The van der Waals surface area contributed by atoms with Crippen molar-refractivity contribution in [3.63, 3.8) is 0 Å². The Bertz CT molecular complexity index is 1100. The minimum absolute atomic E-state index is 0.0891. The van der Waals surface area contributed by atoms with Crippen molar-refractivity contribution in [2.24, 2.45) is 0 Å². The zero-order valence-electron chi connectivity index (χ0n) is 17.2. The fraction of sp³-hybridized carbons (Fsp3) is 0.208. The highest BCUT2D eigenvalue weighted by molar-refractivity contribution is 7.98. The van der Waals surface area contributed by atoms with Crippen molar-refractivity contribution >= 4 is 23.6 Å². The van der Waals surface area contributed by atoms with Crippen molar-refractivity contribution in [2.45, 2.75) is 10.6 Å². The third kappa shape index (κ3) is 5.13. The highest BCUT2D eigenvalue weighted by Crippen LogP contribution is 2.23. The van der Waals surface area contributed by atoms with Crippen LogP contribution in [0, 0.1) is 11.6 Å². The third-order valence-electron chi connectivity index (χ3n) is 5.25. The van der Waals surface area contributed by atoms with Crippen molar-refractivity contribution in [1.29, 1.82) is 0 Å². The number of piperazine rings is 1. The van der Waals surface area contributed by atoms with Gasteiger partial charge in [0.1, 0.15) is 0 Å². The maximum Gasteiger partial charge on any atom is 0.254 e. The van der Waals surface area contributed by atoms with E-state index in [0.29, 0.717) is 31.7 Å². The van der Waals surface area contributed by atoms with Gasteiger partial charge in [-0.25, -0.2) is 8.78 Å². The highest BCUT2D eigenvalue weighted by Gasteiger charge is 2.26. The number of benzene rings is 2. The number of halogens is 2. The fourth-order valence-electron chi connectivity index (χ4n) is 3.45. The first-order valence-electron chi connectivity index (χ1n) is 10.2. The summed E-state index contributed by atoms with van der Waals surface area (Å²) in [4.78, 5) is 33.8. The van der Waals surface area contributed by atoms with Gasteiger partial charge in [-0.1, -0.05) is 6.07 Å². The van der Waals surface area contributed by atoms with E-state index in [2.05, 4.69) is 4.98 Å². The lowest BCUT2D eigenvalue weighted by Crippen LogP contribution is -2.50. The summed E-state index contributed by atoms with van der Waals surface area (Å²) in [5.74, 6) is -1.69. The van der Waals surface area contributed by atoms with Crippen molar-refractivity contribution in [2.75, 3.05) is 26.2 Å². The van der Waals surface area contributed by atoms with Crippen LogP contribution >= 0.6 is 11.8 Å². The van der Waals surface area contributed by atoms with E-state index in [-0.39, 0.29) is 17.4 Å². The summed E-state index contributed by atoms with van der Waals surface area (Å²) in [6.45, 7) is 1.43. The average Bonchev–Trinajstić information content (AvgIpc) is 2.84. The molecule has 0 saturated carbocycles. The summed E-state index contributed by atoms with van der Waals surface area (Å²) in [6, 6.07) is 14.5. The number of carbonyl (C=O) groups is 2. The van der Waals surface area contributed by atoms with Crippen LogP contribution in [0.3, 0.4) is 0 Å². The predicted molar refractivity (Wildman–Crippen MR) is 118 cm³/mol. The van der Waals surface area contributed by atoms with Crippen molar-refractivity contribution in [3.8, 4) is 0 Å². The van der Waals surface area contributed by atoms with Gasteiger partial charge in [-0.3, -0.25) is 14.6 Å². The third-order valence-corrected chi connectivity index (χ3v) is 6.33. The molecule has 1 saturated heterocycles. The zero-order chi connectivity index (χ0) is 22.5. The maximum absolute atomic E-state index is 13.4. The number of thioether (sulfide) groups is 1. The fourth-order valence-corrected chi connectivity index (χ4v) is 4.28. The first kappa shape index (κ1) is 22.0. The second kappa shape index (κ2) is 9.91. The summed E-state index contributed by atoms with van der Waals surface area (Å²) in [5.41, 5.74) is 1.83. The van der Waals surface area contributed by atoms with Crippen molar-refractivity contribution in [3.05, 3.63) is 95.3 Å². The van der Waals surface area contributed by atoms with Crippen molar-refractivity contribution in [1.82, 2.24) is 14.8 Å². The van der Waals surface area contributed by atoms with Crippen LogP contribution in [0.25, 0.3) is 0 Å². The standard InChI is InChI=1S/C24H21F2N3O2S/c25-21-8-5-19(14-22(21)26)24(31)29-12-10-28(11-13-29)23(30)18-3-6-20(7-4-18)32-16-17-2-1-9-27-15-17/h1-9,14-15H,10-13,16H2. The zero-order valence-corrected chi connectivity index (χ0v) is 18.0. The van der Waals surface area contributed by atoms with Gasteiger partial charge in [0.2, 0.25) is 0 Å². The molecular formula is C24H21F2N3O2S. The Morgan fingerprint density at radius 1 is 0.844 bits per heavy atom. The summed E-state index contributed by atoms with van der Waals surface area (Å²) in [7, 11) is 0. The summed E-state index contributed by atoms with van der Waals surface area (Å²) < 4.78 is 26.5. The number of hydrogen-bond acceptors (Lipinski definition) is 4. The molecule has 0 unspecified atom stereocenters. The minimum Gasteiger partial charge on any atom is -0.335 e. The number of nitrogens with zero attached hydrogens (tertiary/aromatic N) is 3. The SMILES string of the molecule is O=C(c1ccc(SCc2cccnc2)cc1)N1CCN(C(=O)c2ccc(F)c(F)c2)CC1. The van der Waals surface area contributed by atoms with Gasteiger partial charge in [0.05, 0.1) is 0 Å². The molecule has 2 heterocycles. The molecule has 1 aliphatic heterocycles. The van der Waals surface area contributed by atoms with Gasteiger partial charge in [0.15, 0.2) is 11.6 Å². The normalized spacial score (nSPS) is 13.8. The van der Waals surface area contributed by atoms with Crippen LogP contribution in [0.5, 0.6) is 0 Å². The van der Waals surface area contributed by atoms with Gasteiger partial charge in [0, 0.05) is 60.3 Å². The van der Waals surface area contributed by atoms with Crippen LogP contribution < -0.4 is 0 Å². The molecule has 1 aliphatic rings. The summed E-state index contributed by atoms with van der Waals surface area (Å²) >= 11 is 1.67. The van der Waals surface area contributed by atoms with E-state index < -0.39 is 11.6 Å². The van der Waals surface area contributed by atoms with E-state index in [0.717, 1.165) is 28.3 Å². The molecule has 8 heteroatoms. The van der Waals surface area contributed by atoms with Gasteiger partial charge < -0.3 is 9.80 Å². The van der Waals surface area contributed by atoms with Crippen LogP contribution in [-0.4, -0.2) is 52.8 Å². The molecule has 3 aromatic rings. The van der Waals surface area contributed by atoms with Gasteiger partial charge in [-0.2, -0.15) is 0 Å². The molecule has 1 aromatic heterocycles. The second-order valence-corrected chi connectivity index (χ2v) is 8.44. The Balaban J connectivity index is 1.31. The monoisotopic (exact) mass is 453 g/mol. The number of pyridine rings is 1. The van der Waals surface area contributed by atoms with Gasteiger partial charge in [-0.15, -0.1) is 11.8 Å². The van der Waals surface area contributed by atoms with E-state index >= 15 is 0 Å². The molecule has 0 bridgehead atoms. The largest absolute Gasteiger partial charge is 0.335 e. The summed E-state index contributed by atoms with van der Waals surface area (Å²) in [6.07, 6.45) is 3.58. The number of aromatic nitrogens is 1. The quantitative estimate of drug-likeness (QED) is 0.542. The molecule has 0 N–H and O–H groups in total. The molecule has 0 atom stereocenters. The van der Waals surface area contributed by atoms with Crippen LogP contribution in [0.15, 0.2) is 71.9 Å². The second-order valence-electron chi connectivity index (χ2n) is 7.39. The molecule has 0 radical (unpaired) electrons. The van der Waals surface area contributed by atoms with Crippen molar-refractivity contribution < 1.29 is 18.4 Å². The number of rotatable bonds is 5. The first-order valence-corrected chi connectivity index (χ1v) is 11.2. The Morgan fingerprint density at radius 2 is 1.47 bits per heavy atom. The van der Waals surface area contributed by atoms with Gasteiger partial charge in [0.25, 0.3) is 11.8 Å². The molecule has 5 nitrogen and oxygen atoms in total. The Labute approximate surface area is 189 Å². The Hall–Kier alpha value is -3.26. The van der Waals surface area contributed by atoms with Crippen LogP contribution in [0.1, 0.15) is 26.3 Å². The summed E-state index contributed by atoms with van der Waals surface area (Å²) in [5, 5.41) is 0. The van der Waals surface area contributed by atoms with E-state index in [9.17, 15) is 18.4 Å². The lowest BCUT2D eigenvalue weighted by atomic mass is 10.1. The Morgan fingerprint density at radius 3 is 2.06 bits per heavy atom. The highest BCUT2D eigenvalue weighted by atomic mass is 32.2. The maximum atomic E-state index is 13.4. The number of amides is 2. The van der Waals surface area contributed by atoms with Crippen LogP contribution in [0.4, 0.5) is 8.78 Å². The molecule has 0 spiro atoms. The van der Waals surface area contributed by atoms with Crippen LogP contribution in [0.2, 0.25) is 0 Å². The van der Waals surface area contributed by atoms with Gasteiger partial charge >= 0.3 is 0 Å². The molecule has 1 fully saturated rings. The topological polar surface area (TPSA) is 53.5 Å². The van der Waals surface area contributed by atoms with Crippen LogP contribution in [-0.2, 0) is 5.75 Å². The first-order chi connectivity index (χ1) is 15.5. The molecule has 4 rings (SSSR count). The average molecular weight is 454 g/mol. The minimum atomic E-state index is -1.05.